The van der Waals surface area contributed by atoms with Gasteiger partial charge in [0, 0.05) is 6.54 Å². The molecule has 1 nitrogen and oxygen atoms in total. The molecule has 0 aliphatic carbocycles. The fourth-order valence-electron chi connectivity index (χ4n) is 1.68. The van der Waals surface area contributed by atoms with E-state index in [1.165, 1.54) is 38.9 Å². The van der Waals surface area contributed by atoms with E-state index in [0.29, 0.717) is 0 Å². The van der Waals surface area contributed by atoms with Crippen molar-refractivity contribution < 1.29 is 0 Å². The van der Waals surface area contributed by atoms with Crippen molar-refractivity contribution in [3.63, 3.8) is 0 Å². The third-order valence-corrected chi connectivity index (χ3v) is 2.69. The predicted molar refractivity (Wildman–Crippen MR) is 79.2 cm³/mol. The van der Waals surface area contributed by atoms with Crippen LogP contribution in [0, 0.1) is 5.92 Å². The first-order valence-corrected chi connectivity index (χ1v) is 7.50. The van der Waals surface area contributed by atoms with E-state index in [4.69, 9.17) is 0 Å². The summed E-state index contributed by atoms with van der Waals surface area (Å²) in [7, 11) is 0. The highest BCUT2D eigenvalue weighted by Crippen LogP contribution is 2.12. The number of hydrogen-bond donors (Lipinski definition) is 0. The summed E-state index contributed by atoms with van der Waals surface area (Å²) in [5.41, 5.74) is 0. The lowest BCUT2D eigenvalue weighted by atomic mass is 10.0. The van der Waals surface area contributed by atoms with Gasteiger partial charge in [-0.15, -0.1) is 0 Å². The summed E-state index contributed by atoms with van der Waals surface area (Å²) in [6.07, 6.45) is 4.07. The van der Waals surface area contributed by atoms with E-state index in [1.807, 2.05) is 27.7 Å². The molecular weight excluding hydrogens is 194 g/mol. The standard InChI is InChI=1S/C11H25N.2C2H6/c1-5-9-11(6-2)10-12(7-3)8-4;2*1-2/h11H,5-10H2,1-4H3;2*1-2H3. The van der Waals surface area contributed by atoms with Crippen LogP contribution < -0.4 is 0 Å². The Labute approximate surface area is 106 Å². The monoisotopic (exact) mass is 231 g/mol. The maximum atomic E-state index is 2.53. The lowest BCUT2D eigenvalue weighted by Crippen LogP contribution is -2.28. The maximum absolute atomic E-state index is 2.53. The molecule has 0 saturated carbocycles. The van der Waals surface area contributed by atoms with Crippen molar-refractivity contribution in [1.82, 2.24) is 4.90 Å². The van der Waals surface area contributed by atoms with Crippen LogP contribution in [0.4, 0.5) is 0 Å². The van der Waals surface area contributed by atoms with Gasteiger partial charge in [-0.05, 0) is 25.4 Å². The van der Waals surface area contributed by atoms with Crippen LogP contribution in [0.5, 0.6) is 0 Å². The molecule has 0 fully saturated rings. The Balaban J connectivity index is -0.000000376. The van der Waals surface area contributed by atoms with Crippen LogP contribution in [0.15, 0.2) is 0 Å². The molecule has 0 aromatic rings. The molecule has 1 heteroatoms. The summed E-state index contributed by atoms with van der Waals surface area (Å²) in [5.74, 6) is 0.926. The molecule has 0 rings (SSSR count). The Hall–Kier alpha value is -0.0400. The van der Waals surface area contributed by atoms with Crippen LogP contribution in [0.2, 0.25) is 0 Å². The van der Waals surface area contributed by atoms with Crippen LogP contribution in [-0.2, 0) is 0 Å². The zero-order valence-corrected chi connectivity index (χ0v) is 13.3. The molecule has 0 aliphatic heterocycles. The SMILES string of the molecule is CC.CC.CCCC(CC)CN(CC)CC. The first kappa shape index (κ1) is 21.3. The molecule has 0 radical (unpaired) electrons. The lowest BCUT2D eigenvalue weighted by Gasteiger charge is -2.24. The Bertz CT molecular complexity index is 87.4. The summed E-state index contributed by atoms with van der Waals surface area (Å²) in [4.78, 5) is 2.53. The van der Waals surface area contributed by atoms with E-state index >= 15 is 0 Å². The van der Waals surface area contributed by atoms with Gasteiger partial charge in [-0.2, -0.15) is 0 Å². The molecule has 0 aromatic carbocycles. The van der Waals surface area contributed by atoms with Crippen molar-refractivity contribution in [2.24, 2.45) is 5.92 Å². The molecule has 0 aromatic heterocycles. The highest BCUT2D eigenvalue weighted by atomic mass is 15.1. The molecule has 0 spiro atoms. The quantitative estimate of drug-likeness (QED) is 0.581. The first-order valence-electron chi connectivity index (χ1n) is 7.50. The molecule has 16 heavy (non-hydrogen) atoms. The van der Waals surface area contributed by atoms with Crippen LogP contribution in [0.3, 0.4) is 0 Å². The minimum atomic E-state index is 0.926. The molecular formula is C15H37N. The fourth-order valence-corrected chi connectivity index (χ4v) is 1.68. The van der Waals surface area contributed by atoms with Gasteiger partial charge < -0.3 is 4.90 Å². The van der Waals surface area contributed by atoms with Gasteiger partial charge in [0.1, 0.15) is 0 Å². The van der Waals surface area contributed by atoms with Gasteiger partial charge in [0.2, 0.25) is 0 Å². The second-order valence-corrected chi connectivity index (χ2v) is 3.55. The van der Waals surface area contributed by atoms with Crippen molar-refractivity contribution in [1.29, 1.82) is 0 Å². The summed E-state index contributed by atoms with van der Waals surface area (Å²) in [5, 5.41) is 0. The number of nitrogens with zero attached hydrogens (tertiary/aromatic N) is 1. The second kappa shape index (κ2) is 20.4. The molecule has 102 valence electrons. The van der Waals surface area contributed by atoms with E-state index in [-0.39, 0.29) is 0 Å². The summed E-state index contributed by atoms with van der Waals surface area (Å²) in [6.45, 7) is 20.8. The molecule has 1 atom stereocenters. The third-order valence-electron chi connectivity index (χ3n) is 2.69. The van der Waals surface area contributed by atoms with Gasteiger partial charge in [0.15, 0.2) is 0 Å². The van der Waals surface area contributed by atoms with Crippen molar-refractivity contribution in [3.05, 3.63) is 0 Å². The first-order chi connectivity index (χ1) is 7.78. The van der Waals surface area contributed by atoms with E-state index < -0.39 is 0 Å². The molecule has 0 saturated heterocycles. The normalized spacial score (nSPS) is 11.1. The average Bonchev–Trinajstić information content (AvgIpc) is 2.39. The predicted octanol–water partition coefficient (Wildman–Crippen LogP) is 5.21. The Kier molecular flexibility index (Phi) is 27.1. The minimum absolute atomic E-state index is 0.926. The van der Waals surface area contributed by atoms with Gasteiger partial charge in [-0.3, -0.25) is 0 Å². The fraction of sp³-hybridized carbons (Fsp3) is 1.00. The van der Waals surface area contributed by atoms with Crippen molar-refractivity contribution in [3.8, 4) is 0 Å². The van der Waals surface area contributed by atoms with E-state index in [0.717, 1.165) is 5.92 Å². The van der Waals surface area contributed by atoms with Crippen LogP contribution in [-0.4, -0.2) is 24.5 Å². The van der Waals surface area contributed by atoms with E-state index in [2.05, 4.69) is 32.6 Å². The Morgan fingerprint density at radius 1 is 0.812 bits per heavy atom. The molecule has 0 heterocycles. The summed E-state index contributed by atoms with van der Waals surface area (Å²) < 4.78 is 0. The molecule has 0 aliphatic rings. The van der Waals surface area contributed by atoms with Crippen LogP contribution >= 0.6 is 0 Å². The van der Waals surface area contributed by atoms with Gasteiger partial charge in [-0.1, -0.05) is 68.2 Å². The number of hydrogen-bond acceptors (Lipinski definition) is 1. The largest absolute Gasteiger partial charge is 0.304 e. The maximum Gasteiger partial charge on any atom is 0.000932 e. The lowest BCUT2D eigenvalue weighted by molar-refractivity contribution is 0.240. The molecule has 0 amide bonds. The molecule has 0 bridgehead atoms. The van der Waals surface area contributed by atoms with Gasteiger partial charge in [0.05, 0.1) is 0 Å². The Morgan fingerprint density at radius 3 is 1.50 bits per heavy atom. The topological polar surface area (TPSA) is 3.24 Å². The van der Waals surface area contributed by atoms with Gasteiger partial charge in [-0.25, -0.2) is 0 Å². The summed E-state index contributed by atoms with van der Waals surface area (Å²) in [6, 6.07) is 0. The van der Waals surface area contributed by atoms with Gasteiger partial charge >= 0.3 is 0 Å². The van der Waals surface area contributed by atoms with Crippen molar-refractivity contribution in [2.75, 3.05) is 19.6 Å². The van der Waals surface area contributed by atoms with Gasteiger partial charge in [0.25, 0.3) is 0 Å². The molecule has 1 unspecified atom stereocenters. The third kappa shape index (κ3) is 14.0. The highest BCUT2D eigenvalue weighted by molar-refractivity contribution is 4.62. The zero-order valence-electron chi connectivity index (χ0n) is 13.3. The highest BCUT2D eigenvalue weighted by Gasteiger charge is 2.08. The smallest absolute Gasteiger partial charge is 0.000932 e. The second-order valence-electron chi connectivity index (χ2n) is 3.55. The summed E-state index contributed by atoms with van der Waals surface area (Å²) >= 11 is 0. The van der Waals surface area contributed by atoms with Crippen LogP contribution in [0.25, 0.3) is 0 Å². The zero-order chi connectivity index (χ0) is 13.4. The van der Waals surface area contributed by atoms with Crippen LogP contribution in [0.1, 0.15) is 74.7 Å². The number of rotatable bonds is 7. The van der Waals surface area contributed by atoms with E-state index in [9.17, 15) is 0 Å². The minimum Gasteiger partial charge on any atom is -0.304 e. The molecule has 0 N–H and O–H groups in total. The van der Waals surface area contributed by atoms with E-state index in [1.54, 1.807) is 0 Å². The average molecular weight is 231 g/mol. The van der Waals surface area contributed by atoms with Crippen molar-refractivity contribution in [2.45, 2.75) is 74.7 Å². The Morgan fingerprint density at radius 2 is 1.25 bits per heavy atom. The van der Waals surface area contributed by atoms with Crippen molar-refractivity contribution >= 4 is 0 Å².